The first-order chi connectivity index (χ1) is 10.0. The Balaban J connectivity index is 2.36. The molecular weight excluding hydrogens is 278 g/mol. The summed E-state index contributed by atoms with van der Waals surface area (Å²) in [6.45, 7) is 0. The van der Waals surface area contributed by atoms with Crippen LogP contribution in [0.4, 0.5) is 14.5 Å². The van der Waals surface area contributed by atoms with Crippen molar-refractivity contribution >= 4 is 5.69 Å². The first kappa shape index (κ1) is 15.1. The van der Waals surface area contributed by atoms with Crippen LogP contribution >= 0.6 is 0 Å². The third kappa shape index (κ3) is 3.22. The zero-order valence-corrected chi connectivity index (χ0v) is 11.3. The molecule has 0 bridgehead atoms. The second-order valence-corrected chi connectivity index (χ2v) is 4.57. The van der Waals surface area contributed by atoms with Crippen molar-refractivity contribution in [1.82, 2.24) is 5.32 Å². The van der Waals surface area contributed by atoms with Crippen LogP contribution in [0.1, 0.15) is 17.2 Å². The molecule has 0 heterocycles. The summed E-state index contributed by atoms with van der Waals surface area (Å²) in [6.07, 6.45) is 0.189. The molecule has 6 heteroatoms. The Hall–Kier alpha value is -2.34. The maximum absolute atomic E-state index is 13.9. The topological polar surface area (TPSA) is 55.2 Å². The molecule has 0 fully saturated rings. The number of nitro benzene ring substituents is 1. The summed E-state index contributed by atoms with van der Waals surface area (Å²) in [5.74, 6) is -1.87. The molecule has 110 valence electrons. The predicted molar refractivity (Wildman–Crippen MR) is 75.0 cm³/mol. The zero-order valence-electron chi connectivity index (χ0n) is 11.3. The molecule has 0 aliphatic heterocycles. The van der Waals surface area contributed by atoms with Gasteiger partial charge in [0, 0.05) is 23.2 Å². The number of likely N-dealkylation sites (N-methyl/N-ethyl adjacent to an activating group) is 1. The number of halogens is 2. The Bertz CT molecular complexity index is 662. The summed E-state index contributed by atoms with van der Waals surface area (Å²) in [6, 6.07) is 9.61. The van der Waals surface area contributed by atoms with E-state index >= 15 is 0 Å². The summed E-state index contributed by atoms with van der Waals surface area (Å²) >= 11 is 0. The molecule has 1 unspecified atom stereocenters. The second-order valence-electron chi connectivity index (χ2n) is 4.57. The van der Waals surface area contributed by atoms with Crippen molar-refractivity contribution in [2.75, 3.05) is 7.05 Å². The number of para-hydroxylation sites is 1. The third-order valence-corrected chi connectivity index (χ3v) is 3.32. The summed E-state index contributed by atoms with van der Waals surface area (Å²) in [7, 11) is 1.60. The SMILES string of the molecule is CNC(Cc1ccccc1[N+](=O)[O-])c1cccc(F)c1F. The highest BCUT2D eigenvalue weighted by molar-refractivity contribution is 5.41. The minimum absolute atomic E-state index is 0.0328. The van der Waals surface area contributed by atoms with E-state index in [0.29, 0.717) is 5.56 Å². The van der Waals surface area contributed by atoms with Crippen LogP contribution in [-0.2, 0) is 6.42 Å². The minimum atomic E-state index is -0.935. The van der Waals surface area contributed by atoms with E-state index in [1.165, 1.54) is 18.2 Å². The highest BCUT2D eigenvalue weighted by atomic mass is 19.2. The molecule has 0 spiro atoms. The van der Waals surface area contributed by atoms with Crippen molar-refractivity contribution in [1.29, 1.82) is 0 Å². The molecule has 1 N–H and O–H groups in total. The van der Waals surface area contributed by atoms with E-state index in [4.69, 9.17) is 0 Å². The fourth-order valence-corrected chi connectivity index (χ4v) is 2.24. The quantitative estimate of drug-likeness (QED) is 0.679. The molecule has 0 saturated heterocycles. The lowest BCUT2D eigenvalue weighted by molar-refractivity contribution is -0.385. The summed E-state index contributed by atoms with van der Waals surface area (Å²) in [5, 5.41) is 13.9. The van der Waals surface area contributed by atoms with Crippen LogP contribution in [0.2, 0.25) is 0 Å². The number of benzene rings is 2. The van der Waals surface area contributed by atoms with Crippen LogP contribution in [0.5, 0.6) is 0 Å². The number of rotatable bonds is 5. The number of hydrogen-bond acceptors (Lipinski definition) is 3. The Morgan fingerprint density at radius 3 is 2.57 bits per heavy atom. The van der Waals surface area contributed by atoms with Gasteiger partial charge in [-0.15, -0.1) is 0 Å². The van der Waals surface area contributed by atoms with Gasteiger partial charge in [0.15, 0.2) is 11.6 Å². The van der Waals surface area contributed by atoms with E-state index in [1.54, 1.807) is 25.2 Å². The molecule has 0 aliphatic rings. The van der Waals surface area contributed by atoms with Gasteiger partial charge in [-0.3, -0.25) is 10.1 Å². The Morgan fingerprint density at radius 2 is 1.90 bits per heavy atom. The molecule has 4 nitrogen and oxygen atoms in total. The maximum Gasteiger partial charge on any atom is 0.272 e. The molecule has 0 radical (unpaired) electrons. The van der Waals surface area contributed by atoms with Gasteiger partial charge in [0.05, 0.1) is 4.92 Å². The molecule has 0 saturated carbocycles. The molecule has 0 aromatic heterocycles. The van der Waals surface area contributed by atoms with E-state index in [9.17, 15) is 18.9 Å². The van der Waals surface area contributed by atoms with Crippen molar-refractivity contribution in [3.8, 4) is 0 Å². The van der Waals surface area contributed by atoms with Crippen LogP contribution in [0, 0.1) is 21.7 Å². The molecule has 2 aromatic carbocycles. The lowest BCUT2D eigenvalue weighted by Gasteiger charge is -2.17. The highest BCUT2D eigenvalue weighted by Crippen LogP contribution is 2.26. The summed E-state index contributed by atoms with van der Waals surface area (Å²) in [5.41, 5.74) is 0.579. The normalized spacial score (nSPS) is 12.1. The minimum Gasteiger partial charge on any atom is -0.313 e. The van der Waals surface area contributed by atoms with Gasteiger partial charge < -0.3 is 5.32 Å². The van der Waals surface area contributed by atoms with Gasteiger partial charge in [-0.2, -0.15) is 0 Å². The average Bonchev–Trinajstić information content (AvgIpc) is 2.48. The van der Waals surface area contributed by atoms with Crippen LogP contribution in [0.3, 0.4) is 0 Å². The van der Waals surface area contributed by atoms with Gasteiger partial charge in [0.2, 0.25) is 0 Å². The number of nitrogens with zero attached hydrogens (tertiary/aromatic N) is 1. The average molecular weight is 292 g/mol. The van der Waals surface area contributed by atoms with E-state index < -0.39 is 22.6 Å². The third-order valence-electron chi connectivity index (χ3n) is 3.32. The first-order valence-corrected chi connectivity index (χ1v) is 6.38. The number of hydrogen-bond donors (Lipinski definition) is 1. The fraction of sp³-hybridized carbons (Fsp3) is 0.200. The number of nitrogens with one attached hydrogen (secondary N) is 1. The Labute approximate surface area is 120 Å². The first-order valence-electron chi connectivity index (χ1n) is 6.38. The fourth-order valence-electron chi connectivity index (χ4n) is 2.24. The largest absolute Gasteiger partial charge is 0.313 e. The van der Waals surface area contributed by atoms with Crippen LogP contribution in [0.15, 0.2) is 42.5 Å². The zero-order chi connectivity index (χ0) is 15.4. The van der Waals surface area contributed by atoms with Crippen LogP contribution in [-0.4, -0.2) is 12.0 Å². The van der Waals surface area contributed by atoms with E-state index in [0.717, 1.165) is 6.07 Å². The molecule has 21 heavy (non-hydrogen) atoms. The smallest absolute Gasteiger partial charge is 0.272 e. The number of nitro groups is 1. The molecule has 2 rings (SSSR count). The van der Waals surface area contributed by atoms with Crippen molar-refractivity contribution in [2.45, 2.75) is 12.5 Å². The Kier molecular flexibility index (Phi) is 4.59. The van der Waals surface area contributed by atoms with E-state index in [-0.39, 0.29) is 17.7 Å². The van der Waals surface area contributed by atoms with Gasteiger partial charge in [0.1, 0.15) is 0 Å². The molecule has 2 aromatic rings. The van der Waals surface area contributed by atoms with Gasteiger partial charge in [-0.25, -0.2) is 8.78 Å². The van der Waals surface area contributed by atoms with Gasteiger partial charge >= 0.3 is 0 Å². The molecular formula is C15H14F2N2O2. The molecule has 0 amide bonds. The van der Waals surface area contributed by atoms with Crippen molar-refractivity contribution in [3.05, 3.63) is 75.3 Å². The molecule has 0 aliphatic carbocycles. The van der Waals surface area contributed by atoms with Gasteiger partial charge in [0.25, 0.3) is 5.69 Å². The summed E-state index contributed by atoms with van der Waals surface area (Å²) < 4.78 is 27.2. The standard InChI is InChI=1S/C15H14F2N2O2/c1-18-13(11-6-4-7-12(16)15(11)17)9-10-5-2-3-8-14(10)19(20)21/h2-8,13,18H,9H2,1H3. The summed E-state index contributed by atoms with van der Waals surface area (Å²) in [4.78, 5) is 10.5. The van der Waals surface area contributed by atoms with E-state index in [2.05, 4.69) is 5.32 Å². The lowest BCUT2D eigenvalue weighted by atomic mass is 9.97. The molecule has 1 atom stereocenters. The van der Waals surface area contributed by atoms with E-state index in [1.807, 2.05) is 0 Å². The van der Waals surface area contributed by atoms with Crippen molar-refractivity contribution in [2.24, 2.45) is 0 Å². The lowest BCUT2D eigenvalue weighted by Crippen LogP contribution is -2.21. The van der Waals surface area contributed by atoms with Crippen molar-refractivity contribution < 1.29 is 13.7 Å². The monoisotopic (exact) mass is 292 g/mol. The second kappa shape index (κ2) is 6.41. The van der Waals surface area contributed by atoms with Crippen LogP contribution in [0.25, 0.3) is 0 Å². The van der Waals surface area contributed by atoms with Gasteiger partial charge in [-0.1, -0.05) is 30.3 Å². The Morgan fingerprint density at radius 1 is 1.19 bits per heavy atom. The highest BCUT2D eigenvalue weighted by Gasteiger charge is 2.21. The maximum atomic E-state index is 13.9. The van der Waals surface area contributed by atoms with Crippen LogP contribution < -0.4 is 5.32 Å². The van der Waals surface area contributed by atoms with Gasteiger partial charge in [-0.05, 0) is 19.5 Å². The van der Waals surface area contributed by atoms with Crippen molar-refractivity contribution in [3.63, 3.8) is 0 Å². The predicted octanol–water partition coefficient (Wildman–Crippen LogP) is 3.38.